The average Bonchev–Trinajstić information content (AvgIpc) is 2.29. The van der Waals surface area contributed by atoms with Crippen LogP contribution in [-0.4, -0.2) is 6.54 Å². The molecule has 0 unspecified atom stereocenters. The molecule has 88 valence electrons. The lowest BCUT2D eigenvalue weighted by molar-refractivity contribution is 1.02. The number of aryl methyl sites for hydroxylation is 1. The maximum Gasteiger partial charge on any atom is 0.0363 e. The van der Waals surface area contributed by atoms with Crippen molar-refractivity contribution in [2.45, 2.75) is 13.3 Å². The summed E-state index contributed by atoms with van der Waals surface area (Å²) in [6, 6.07) is 16.5. The second-order valence-electron chi connectivity index (χ2n) is 4.29. The number of nitrogens with two attached hydrogens (primary N) is 1. The number of hydrogen-bond acceptors (Lipinski definition) is 2. The molecular formula is C15H18N2. The van der Waals surface area contributed by atoms with Crippen molar-refractivity contribution in [3.05, 3.63) is 59.7 Å². The maximum absolute atomic E-state index is 5.80. The molecule has 0 aliphatic rings. The molecule has 2 aromatic rings. The Balaban J connectivity index is 1.90. The predicted molar refractivity (Wildman–Crippen MR) is 74.2 cm³/mol. The van der Waals surface area contributed by atoms with Gasteiger partial charge in [0.15, 0.2) is 0 Å². The monoisotopic (exact) mass is 226 g/mol. The van der Waals surface area contributed by atoms with E-state index in [4.69, 9.17) is 5.73 Å². The normalized spacial score (nSPS) is 10.2. The summed E-state index contributed by atoms with van der Waals surface area (Å²) in [7, 11) is 0. The van der Waals surface area contributed by atoms with Crippen LogP contribution in [0.4, 0.5) is 11.4 Å². The van der Waals surface area contributed by atoms with E-state index in [1.54, 1.807) is 0 Å². The van der Waals surface area contributed by atoms with Crippen LogP contribution >= 0.6 is 0 Å². The molecule has 0 fully saturated rings. The van der Waals surface area contributed by atoms with Crippen LogP contribution in [0.2, 0.25) is 0 Å². The van der Waals surface area contributed by atoms with Gasteiger partial charge in [-0.2, -0.15) is 0 Å². The van der Waals surface area contributed by atoms with Crippen LogP contribution < -0.4 is 11.1 Å². The molecule has 2 nitrogen and oxygen atoms in total. The summed E-state index contributed by atoms with van der Waals surface area (Å²) in [6.45, 7) is 2.98. The molecule has 17 heavy (non-hydrogen) atoms. The summed E-state index contributed by atoms with van der Waals surface area (Å²) in [4.78, 5) is 0. The van der Waals surface area contributed by atoms with Crippen LogP contribution in [0.5, 0.6) is 0 Å². The first kappa shape index (κ1) is 11.5. The summed E-state index contributed by atoms with van der Waals surface area (Å²) < 4.78 is 0. The second kappa shape index (κ2) is 5.39. The molecule has 3 N–H and O–H groups in total. The highest BCUT2D eigenvalue weighted by molar-refractivity contribution is 5.56. The average molecular weight is 226 g/mol. The van der Waals surface area contributed by atoms with Crippen molar-refractivity contribution < 1.29 is 0 Å². The molecule has 0 bridgehead atoms. The summed E-state index contributed by atoms with van der Waals surface area (Å²) in [5, 5.41) is 3.39. The summed E-state index contributed by atoms with van der Waals surface area (Å²) in [6.07, 6.45) is 1.02. The minimum Gasteiger partial charge on any atom is -0.399 e. The lowest BCUT2D eigenvalue weighted by Crippen LogP contribution is -2.05. The van der Waals surface area contributed by atoms with E-state index >= 15 is 0 Å². The third-order valence-corrected chi connectivity index (χ3v) is 2.69. The summed E-state index contributed by atoms with van der Waals surface area (Å²) in [5.41, 5.74) is 10.2. The first-order chi connectivity index (χ1) is 8.24. The molecule has 0 amide bonds. The smallest absolute Gasteiger partial charge is 0.0363 e. The van der Waals surface area contributed by atoms with Gasteiger partial charge in [-0.05, 0) is 42.7 Å². The van der Waals surface area contributed by atoms with E-state index in [1.807, 2.05) is 18.2 Å². The topological polar surface area (TPSA) is 38.0 Å². The van der Waals surface area contributed by atoms with Crippen LogP contribution in [0.3, 0.4) is 0 Å². The van der Waals surface area contributed by atoms with Gasteiger partial charge in [-0.3, -0.25) is 0 Å². The Morgan fingerprint density at radius 3 is 2.53 bits per heavy atom. The van der Waals surface area contributed by atoms with E-state index in [1.165, 1.54) is 11.1 Å². The van der Waals surface area contributed by atoms with Crippen molar-refractivity contribution in [2.75, 3.05) is 17.6 Å². The van der Waals surface area contributed by atoms with Gasteiger partial charge in [0.1, 0.15) is 0 Å². The van der Waals surface area contributed by atoms with Crippen molar-refractivity contribution >= 4 is 11.4 Å². The highest BCUT2D eigenvalue weighted by atomic mass is 14.9. The Morgan fingerprint density at radius 2 is 1.82 bits per heavy atom. The van der Waals surface area contributed by atoms with Crippen LogP contribution in [0.1, 0.15) is 11.1 Å². The minimum absolute atomic E-state index is 0.812. The first-order valence-electron chi connectivity index (χ1n) is 5.89. The van der Waals surface area contributed by atoms with Gasteiger partial charge in [0, 0.05) is 17.9 Å². The molecule has 0 aliphatic carbocycles. The Labute approximate surface area is 102 Å². The fourth-order valence-electron chi connectivity index (χ4n) is 1.91. The van der Waals surface area contributed by atoms with E-state index in [0.717, 1.165) is 24.3 Å². The minimum atomic E-state index is 0.812. The molecule has 2 aromatic carbocycles. The van der Waals surface area contributed by atoms with Gasteiger partial charge in [-0.25, -0.2) is 0 Å². The number of nitrogen functional groups attached to an aromatic ring is 1. The Morgan fingerprint density at radius 1 is 1.06 bits per heavy atom. The molecule has 0 heterocycles. The Kier molecular flexibility index (Phi) is 3.66. The van der Waals surface area contributed by atoms with Gasteiger partial charge in [-0.15, -0.1) is 0 Å². The molecule has 0 aromatic heterocycles. The first-order valence-corrected chi connectivity index (χ1v) is 5.89. The van der Waals surface area contributed by atoms with Gasteiger partial charge in [-0.1, -0.05) is 30.3 Å². The molecule has 2 heteroatoms. The third kappa shape index (κ3) is 3.52. The van der Waals surface area contributed by atoms with E-state index < -0.39 is 0 Å². The van der Waals surface area contributed by atoms with Crippen molar-refractivity contribution in [1.29, 1.82) is 0 Å². The Bertz CT molecular complexity index is 457. The van der Waals surface area contributed by atoms with Crippen molar-refractivity contribution in [1.82, 2.24) is 0 Å². The third-order valence-electron chi connectivity index (χ3n) is 2.69. The van der Waals surface area contributed by atoms with E-state index in [-0.39, 0.29) is 0 Å². The SMILES string of the molecule is Cc1cc(N)cc(NCCc2ccccc2)c1. The highest BCUT2D eigenvalue weighted by Crippen LogP contribution is 2.15. The van der Waals surface area contributed by atoms with Gasteiger partial charge < -0.3 is 11.1 Å². The number of hydrogen-bond donors (Lipinski definition) is 2. The number of benzene rings is 2. The number of anilines is 2. The molecule has 2 rings (SSSR count). The summed E-state index contributed by atoms with van der Waals surface area (Å²) >= 11 is 0. The molecule has 0 saturated heterocycles. The van der Waals surface area contributed by atoms with Crippen LogP contribution in [0.15, 0.2) is 48.5 Å². The Hall–Kier alpha value is -1.96. The van der Waals surface area contributed by atoms with Gasteiger partial charge in [0.05, 0.1) is 0 Å². The number of nitrogens with one attached hydrogen (secondary N) is 1. The van der Waals surface area contributed by atoms with Crippen LogP contribution in [0.25, 0.3) is 0 Å². The van der Waals surface area contributed by atoms with Crippen molar-refractivity contribution in [3.8, 4) is 0 Å². The second-order valence-corrected chi connectivity index (χ2v) is 4.29. The summed E-state index contributed by atoms with van der Waals surface area (Å²) in [5.74, 6) is 0. The van der Waals surface area contributed by atoms with Crippen molar-refractivity contribution in [2.24, 2.45) is 0 Å². The zero-order chi connectivity index (χ0) is 12.1. The lowest BCUT2D eigenvalue weighted by atomic mass is 10.1. The van der Waals surface area contributed by atoms with Crippen molar-refractivity contribution in [3.63, 3.8) is 0 Å². The maximum atomic E-state index is 5.80. The number of rotatable bonds is 4. The van der Waals surface area contributed by atoms with E-state index in [0.29, 0.717) is 0 Å². The van der Waals surface area contributed by atoms with Crippen LogP contribution in [0, 0.1) is 6.92 Å². The predicted octanol–water partition coefficient (Wildman–Crippen LogP) is 3.23. The molecular weight excluding hydrogens is 208 g/mol. The van der Waals surface area contributed by atoms with Gasteiger partial charge in [0.2, 0.25) is 0 Å². The highest BCUT2D eigenvalue weighted by Gasteiger charge is 1.96. The molecule has 0 atom stereocenters. The van der Waals surface area contributed by atoms with E-state index in [2.05, 4.69) is 42.6 Å². The molecule has 0 spiro atoms. The molecule has 0 aliphatic heterocycles. The molecule has 0 saturated carbocycles. The van der Waals surface area contributed by atoms with Gasteiger partial charge in [0.25, 0.3) is 0 Å². The fourth-order valence-corrected chi connectivity index (χ4v) is 1.91. The quantitative estimate of drug-likeness (QED) is 0.785. The van der Waals surface area contributed by atoms with Gasteiger partial charge >= 0.3 is 0 Å². The van der Waals surface area contributed by atoms with Crippen LogP contribution in [-0.2, 0) is 6.42 Å². The molecule has 0 radical (unpaired) electrons. The fraction of sp³-hybridized carbons (Fsp3) is 0.200. The standard InChI is InChI=1S/C15H18N2/c1-12-9-14(16)11-15(10-12)17-8-7-13-5-3-2-4-6-13/h2-6,9-11,17H,7-8,16H2,1H3. The zero-order valence-electron chi connectivity index (χ0n) is 10.1. The zero-order valence-corrected chi connectivity index (χ0v) is 10.1. The lowest BCUT2D eigenvalue weighted by Gasteiger charge is -2.08. The van der Waals surface area contributed by atoms with E-state index in [9.17, 15) is 0 Å². The largest absolute Gasteiger partial charge is 0.399 e.